The highest BCUT2D eigenvalue weighted by atomic mass is 19.4. The van der Waals surface area contributed by atoms with Crippen molar-refractivity contribution in [2.75, 3.05) is 30.4 Å². The molecule has 4 N–H and O–H groups in total. The highest BCUT2D eigenvalue weighted by molar-refractivity contribution is 5.75. The van der Waals surface area contributed by atoms with Gasteiger partial charge >= 0.3 is 6.18 Å². The lowest BCUT2D eigenvalue weighted by molar-refractivity contribution is -0.177. The first-order valence-corrected chi connectivity index (χ1v) is 7.76. The lowest BCUT2D eigenvalue weighted by Crippen LogP contribution is -2.51. The molecular weight excluding hydrogens is 309 g/mol. The molecule has 3 atom stereocenters. The molecule has 3 unspecified atom stereocenters. The first-order valence-electron chi connectivity index (χ1n) is 7.76. The first kappa shape index (κ1) is 16.3. The van der Waals surface area contributed by atoms with E-state index in [2.05, 4.69) is 10.3 Å². The molecule has 0 aromatic carbocycles. The van der Waals surface area contributed by atoms with Gasteiger partial charge in [0.15, 0.2) is 0 Å². The van der Waals surface area contributed by atoms with Gasteiger partial charge in [-0.05, 0) is 19.3 Å². The normalized spacial score (nSPS) is 27.9. The molecule has 23 heavy (non-hydrogen) atoms. The molecule has 128 valence electrons. The Kier molecular flexibility index (Phi) is 4.14. The topological polar surface area (TPSA) is 74.4 Å². The summed E-state index contributed by atoms with van der Waals surface area (Å²) in [7, 11) is 1.71. The third kappa shape index (κ3) is 2.97. The number of aliphatic hydroxyl groups is 1. The number of halogens is 3. The second-order valence-electron chi connectivity index (χ2n) is 6.33. The van der Waals surface area contributed by atoms with Gasteiger partial charge in [-0.3, -0.25) is 4.98 Å². The number of aromatic nitrogens is 1. The highest BCUT2D eigenvalue weighted by Gasteiger charge is 2.44. The average Bonchev–Trinajstić information content (AvgIpc) is 2.86. The van der Waals surface area contributed by atoms with Crippen LogP contribution in [-0.2, 0) is 6.42 Å². The summed E-state index contributed by atoms with van der Waals surface area (Å²) in [5, 5.41) is 13.0. The fourth-order valence-electron chi connectivity index (χ4n) is 3.61. The maximum absolute atomic E-state index is 13.2. The van der Waals surface area contributed by atoms with Crippen LogP contribution in [0.3, 0.4) is 0 Å². The monoisotopic (exact) mass is 330 g/mol. The van der Waals surface area contributed by atoms with Gasteiger partial charge in [-0.2, -0.15) is 13.2 Å². The van der Waals surface area contributed by atoms with E-state index in [1.807, 2.05) is 0 Å². The van der Waals surface area contributed by atoms with Gasteiger partial charge in [0.05, 0.1) is 35.3 Å². The van der Waals surface area contributed by atoms with Crippen molar-refractivity contribution in [3.05, 3.63) is 17.5 Å². The zero-order valence-corrected chi connectivity index (χ0v) is 12.9. The SMILES string of the molecule is CNc1cnc2c(c1N1CC(N)CC(C(F)(F)F)C1)CCC2O. The second-order valence-corrected chi connectivity index (χ2v) is 6.33. The van der Waals surface area contributed by atoms with Crippen molar-refractivity contribution in [2.45, 2.75) is 37.6 Å². The number of hydrogen-bond acceptors (Lipinski definition) is 5. The molecule has 0 amide bonds. The number of fused-ring (bicyclic) bond motifs is 1. The third-order valence-electron chi connectivity index (χ3n) is 4.70. The number of hydrogen-bond donors (Lipinski definition) is 3. The Bertz CT molecular complexity index is 593. The molecule has 0 bridgehead atoms. The first-order chi connectivity index (χ1) is 10.8. The van der Waals surface area contributed by atoms with Gasteiger partial charge in [0.25, 0.3) is 0 Å². The number of piperidine rings is 1. The standard InChI is InChI=1S/C15H21F3N4O/c1-20-11-5-21-13-10(2-3-12(13)23)14(11)22-6-8(15(16,17)18)4-9(19)7-22/h5,8-9,12,20,23H,2-4,6-7,19H2,1H3. The number of anilines is 2. The number of nitrogens with two attached hydrogens (primary N) is 1. The van der Waals surface area contributed by atoms with E-state index in [4.69, 9.17) is 5.73 Å². The number of aliphatic hydroxyl groups excluding tert-OH is 1. The summed E-state index contributed by atoms with van der Waals surface area (Å²) in [4.78, 5) is 5.97. The minimum Gasteiger partial charge on any atom is -0.387 e. The fraction of sp³-hybridized carbons (Fsp3) is 0.667. The van der Waals surface area contributed by atoms with E-state index in [0.29, 0.717) is 36.5 Å². The lowest BCUT2D eigenvalue weighted by Gasteiger charge is -2.40. The Hall–Kier alpha value is -1.54. The molecular formula is C15H21F3N4O. The molecule has 2 heterocycles. The van der Waals surface area contributed by atoms with Crippen LogP contribution in [0.4, 0.5) is 24.5 Å². The van der Waals surface area contributed by atoms with Crippen LogP contribution >= 0.6 is 0 Å². The van der Waals surface area contributed by atoms with Crippen molar-refractivity contribution in [1.29, 1.82) is 0 Å². The van der Waals surface area contributed by atoms with Gasteiger partial charge in [-0.25, -0.2) is 0 Å². The number of rotatable bonds is 2. The molecule has 1 aromatic heterocycles. The van der Waals surface area contributed by atoms with Crippen LogP contribution in [0.1, 0.15) is 30.2 Å². The molecule has 3 rings (SSSR count). The Balaban J connectivity index is 2.00. The Morgan fingerprint density at radius 1 is 1.39 bits per heavy atom. The minimum atomic E-state index is -4.26. The maximum Gasteiger partial charge on any atom is 0.393 e. The van der Waals surface area contributed by atoms with Crippen molar-refractivity contribution < 1.29 is 18.3 Å². The molecule has 1 aliphatic carbocycles. The van der Waals surface area contributed by atoms with Crippen LogP contribution < -0.4 is 16.0 Å². The molecule has 5 nitrogen and oxygen atoms in total. The summed E-state index contributed by atoms with van der Waals surface area (Å²) in [5.74, 6) is -1.44. The molecule has 0 spiro atoms. The number of nitrogens with zero attached hydrogens (tertiary/aromatic N) is 2. The molecule has 0 radical (unpaired) electrons. The third-order valence-corrected chi connectivity index (χ3v) is 4.70. The zero-order valence-electron chi connectivity index (χ0n) is 12.9. The summed E-state index contributed by atoms with van der Waals surface area (Å²) in [5.41, 5.74) is 8.67. The number of pyridine rings is 1. The summed E-state index contributed by atoms with van der Waals surface area (Å²) >= 11 is 0. The van der Waals surface area contributed by atoms with Crippen LogP contribution in [0.5, 0.6) is 0 Å². The van der Waals surface area contributed by atoms with E-state index in [0.717, 1.165) is 5.56 Å². The molecule has 1 fully saturated rings. The van der Waals surface area contributed by atoms with Crippen LogP contribution in [0, 0.1) is 5.92 Å². The van der Waals surface area contributed by atoms with Gasteiger partial charge in [-0.15, -0.1) is 0 Å². The molecule has 1 aromatic rings. The Labute approximate surface area is 132 Å². The number of alkyl halides is 3. The van der Waals surface area contributed by atoms with Gasteiger partial charge in [0.2, 0.25) is 0 Å². The van der Waals surface area contributed by atoms with Gasteiger partial charge in [0, 0.05) is 31.7 Å². The van der Waals surface area contributed by atoms with Crippen LogP contribution in [0.15, 0.2) is 6.20 Å². The summed E-state index contributed by atoms with van der Waals surface area (Å²) in [6.45, 7) is 0.256. The summed E-state index contributed by atoms with van der Waals surface area (Å²) < 4.78 is 39.5. The summed E-state index contributed by atoms with van der Waals surface area (Å²) in [6.07, 6.45) is -2.23. The quantitative estimate of drug-likeness (QED) is 0.771. The fourth-order valence-corrected chi connectivity index (χ4v) is 3.61. The molecule has 1 aliphatic heterocycles. The van der Waals surface area contributed by atoms with Crippen molar-refractivity contribution in [2.24, 2.45) is 11.7 Å². The largest absolute Gasteiger partial charge is 0.393 e. The lowest BCUT2D eigenvalue weighted by atomic mass is 9.93. The molecule has 0 saturated carbocycles. The molecule has 8 heteroatoms. The number of nitrogens with one attached hydrogen (secondary N) is 1. The average molecular weight is 330 g/mol. The van der Waals surface area contributed by atoms with Crippen molar-refractivity contribution in [3.63, 3.8) is 0 Å². The van der Waals surface area contributed by atoms with Crippen molar-refractivity contribution >= 4 is 11.4 Å². The smallest absolute Gasteiger partial charge is 0.387 e. The predicted octanol–water partition coefficient (Wildman–Crippen LogP) is 1.82. The van der Waals surface area contributed by atoms with Crippen LogP contribution in [-0.4, -0.2) is 42.4 Å². The van der Waals surface area contributed by atoms with Gasteiger partial charge in [-0.1, -0.05) is 0 Å². The van der Waals surface area contributed by atoms with Gasteiger partial charge < -0.3 is 21.1 Å². The molecule has 1 saturated heterocycles. The predicted molar refractivity (Wildman–Crippen MR) is 81.4 cm³/mol. The van der Waals surface area contributed by atoms with Crippen LogP contribution in [0.2, 0.25) is 0 Å². The molecule has 2 aliphatic rings. The van der Waals surface area contributed by atoms with E-state index in [1.54, 1.807) is 18.1 Å². The van der Waals surface area contributed by atoms with Crippen LogP contribution in [0.25, 0.3) is 0 Å². The van der Waals surface area contributed by atoms with Crippen molar-refractivity contribution in [3.8, 4) is 0 Å². The van der Waals surface area contributed by atoms with Gasteiger partial charge in [0.1, 0.15) is 0 Å². The summed E-state index contributed by atoms with van der Waals surface area (Å²) in [6, 6.07) is -0.532. The van der Waals surface area contributed by atoms with E-state index < -0.39 is 24.2 Å². The minimum absolute atomic E-state index is 0.0508. The second kappa shape index (κ2) is 5.83. The van der Waals surface area contributed by atoms with E-state index in [-0.39, 0.29) is 13.0 Å². The van der Waals surface area contributed by atoms with Crippen molar-refractivity contribution in [1.82, 2.24) is 4.98 Å². The highest BCUT2D eigenvalue weighted by Crippen LogP contribution is 2.43. The Morgan fingerprint density at radius 2 is 2.13 bits per heavy atom. The van der Waals surface area contributed by atoms with E-state index in [9.17, 15) is 18.3 Å². The Morgan fingerprint density at radius 3 is 2.78 bits per heavy atom. The maximum atomic E-state index is 13.2. The van der Waals surface area contributed by atoms with E-state index in [1.165, 1.54) is 0 Å². The van der Waals surface area contributed by atoms with E-state index >= 15 is 0 Å². The zero-order chi connectivity index (χ0) is 16.8.